The minimum atomic E-state index is 0.518. The summed E-state index contributed by atoms with van der Waals surface area (Å²) in [5.41, 5.74) is 1.41. The van der Waals surface area contributed by atoms with Crippen LogP contribution in [0.3, 0.4) is 0 Å². The Hall–Kier alpha value is 0.153. The number of benzene rings is 1. The third-order valence-electron chi connectivity index (χ3n) is 2.88. The monoisotopic (exact) mass is 330 g/mol. The van der Waals surface area contributed by atoms with Gasteiger partial charge in [-0.3, -0.25) is 0 Å². The van der Waals surface area contributed by atoms with Gasteiger partial charge in [-0.05, 0) is 18.9 Å². The van der Waals surface area contributed by atoms with E-state index in [1.807, 2.05) is 0 Å². The number of piperidine rings is 1. The number of hydrogen-bond acceptors (Lipinski definition) is 1. The third kappa shape index (κ3) is 4.20. The van der Waals surface area contributed by atoms with Gasteiger partial charge in [-0.25, -0.2) is 6.54 Å². The first-order valence-electron chi connectivity index (χ1n) is 5.60. The van der Waals surface area contributed by atoms with Crippen molar-refractivity contribution in [3.05, 3.63) is 48.9 Å². The van der Waals surface area contributed by atoms with Gasteiger partial charge in [0, 0.05) is 19.0 Å². The van der Waals surface area contributed by atoms with Crippen LogP contribution in [0.15, 0.2) is 30.3 Å². The van der Waals surface area contributed by atoms with Crippen molar-refractivity contribution in [1.82, 2.24) is 4.90 Å². The molecule has 0 bridgehead atoms. The molecule has 1 nitrogen and oxygen atoms in total. The van der Waals surface area contributed by atoms with E-state index in [1.165, 1.54) is 28.3 Å². The predicted molar refractivity (Wildman–Crippen MR) is 68.3 cm³/mol. The van der Waals surface area contributed by atoms with Gasteiger partial charge in [-0.2, -0.15) is 0 Å². The second kappa shape index (κ2) is 8.27. The summed E-state index contributed by atoms with van der Waals surface area (Å²) < 4.78 is 0. The van der Waals surface area contributed by atoms with Crippen LogP contribution in [-0.2, 0) is 16.3 Å². The SMILES string of the molecule is C[C@H](c1ccccc1)N1[CH-]C[CH+]CC1.[Zn+][Br]. The maximum absolute atomic E-state index is 3.06. The topological polar surface area (TPSA) is 3.24 Å². The Bertz CT molecular complexity index is 273. The molecule has 1 aromatic carbocycles. The molecule has 16 heavy (non-hydrogen) atoms. The van der Waals surface area contributed by atoms with Crippen molar-refractivity contribution < 1.29 is 16.3 Å². The van der Waals surface area contributed by atoms with Crippen LogP contribution >= 0.6 is 13.6 Å². The number of halogens is 1. The average molecular weight is 333 g/mol. The molecular formula is C13H17BrNZn+. The first-order valence-corrected chi connectivity index (χ1v) is 12.6. The van der Waals surface area contributed by atoms with Gasteiger partial charge in [-0.1, -0.05) is 30.3 Å². The molecule has 82 valence electrons. The molecule has 2 rings (SSSR count). The first-order chi connectivity index (χ1) is 7.88. The molecule has 1 fully saturated rings. The number of nitrogens with zero attached hydrogens (tertiary/aromatic N) is 1. The van der Waals surface area contributed by atoms with E-state index in [0.717, 1.165) is 13.0 Å². The summed E-state index contributed by atoms with van der Waals surface area (Å²) in [4.78, 5) is 2.44. The normalized spacial score (nSPS) is 18.0. The van der Waals surface area contributed by atoms with E-state index in [4.69, 9.17) is 0 Å². The van der Waals surface area contributed by atoms with Crippen molar-refractivity contribution in [2.24, 2.45) is 0 Å². The Morgan fingerprint density at radius 3 is 2.62 bits per heavy atom. The molecule has 0 aromatic heterocycles. The molecular weight excluding hydrogens is 315 g/mol. The summed E-state index contributed by atoms with van der Waals surface area (Å²) in [7, 11) is 0. The summed E-state index contributed by atoms with van der Waals surface area (Å²) in [5.74, 6) is 0. The molecule has 1 aliphatic rings. The van der Waals surface area contributed by atoms with E-state index in [0.29, 0.717) is 6.04 Å². The minimum absolute atomic E-state index is 0.518. The van der Waals surface area contributed by atoms with E-state index >= 15 is 0 Å². The summed E-state index contributed by atoms with van der Waals surface area (Å²) in [6, 6.07) is 11.2. The molecule has 0 aliphatic carbocycles. The molecule has 1 heterocycles. The van der Waals surface area contributed by atoms with Crippen LogP contribution in [0, 0.1) is 13.0 Å². The van der Waals surface area contributed by atoms with Gasteiger partial charge in [0.1, 0.15) is 0 Å². The van der Waals surface area contributed by atoms with Crippen LogP contribution in [-0.4, -0.2) is 11.4 Å². The number of hydrogen-bond donors (Lipinski definition) is 0. The van der Waals surface area contributed by atoms with Crippen LogP contribution in [0.5, 0.6) is 0 Å². The van der Waals surface area contributed by atoms with Gasteiger partial charge in [0.05, 0.1) is 6.42 Å². The molecule has 0 N–H and O–H groups in total. The Labute approximate surface area is 116 Å². The van der Waals surface area contributed by atoms with Crippen molar-refractivity contribution in [2.75, 3.05) is 6.54 Å². The van der Waals surface area contributed by atoms with E-state index < -0.39 is 0 Å². The first kappa shape index (κ1) is 14.2. The fraction of sp³-hybridized carbons (Fsp3) is 0.385. The average Bonchev–Trinajstić information content (AvgIpc) is 2.42. The molecule has 0 amide bonds. The molecule has 0 spiro atoms. The predicted octanol–water partition coefficient (Wildman–Crippen LogP) is 4.05. The van der Waals surface area contributed by atoms with Gasteiger partial charge in [0.2, 0.25) is 0 Å². The third-order valence-corrected chi connectivity index (χ3v) is 2.88. The van der Waals surface area contributed by atoms with Crippen LogP contribution < -0.4 is 0 Å². The fourth-order valence-electron chi connectivity index (χ4n) is 1.93. The number of rotatable bonds is 2. The van der Waals surface area contributed by atoms with Crippen LogP contribution in [0.25, 0.3) is 0 Å². The molecule has 3 heteroatoms. The van der Waals surface area contributed by atoms with E-state index in [-0.39, 0.29) is 0 Å². The van der Waals surface area contributed by atoms with E-state index in [2.05, 4.69) is 68.7 Å². The van der Waals surface area contributed by atoms with Gasteiger partial charge in [-0.15, -0.1) is 0 Å². The van der Waals surface area contributed by atoms with Gasteiger partial charge >= 0.3 is 30.0 Å². The van der Waals surface area contributed by atoms with Gasteiger partial charge < -0.3 is 4.90 Å². The Morgan fingerprint density at radius 1 is 1.38 bits per heavy atom. The summed E-state index contributed by atoms with van der Waals surface area (Å²) in [5, 5.41) is 0. The van der Waals surface area contributed by atoms with Crippen molar-refractivity contribution in [2.45, 2.75) is 25.8 Å². The summed E-state index contributed by atoms with van der Waals surface area (Å²) in [6.07, 6.45) is 4.68. The molecule has 1 aliphatic heterocycles. The zero-order valence-electron chi connectivity index (χ0n) is 9.77. The molecule has 0 saturated carbocycles. The summed E-state index contributed by atoms with van der Waals surface area (Å²) in [6.45, 7) is 5.74. The molecule has 0 unspecified atom stereocenters. The van der Waals surface area contributed by atoms with E-state index in [9.17, 15) is 0 Å². The van der Waals surface area contributed by atoms with Crippen molar-refractivity contribution in [3.63, 3.8) is 0 Å². The Morgan fingerprint density at radius 2 is 2.06 bits per heavy atom. The van der Waals surface area contributed by atoms with Crippen molar-refractivity contribution in [1.29, 1.82) is 0 Å². The second-order valence-corrected chi connectivity index (χ2v) is 3.82. The fourth-order valence-corrected chi connectivity index (χ4v) is 1.93. The molecule has 1 aromatic rings. The Balaban J connectivity index is 0.000000606. The molecule has 0 radical (unpaired) electrons. The second-order valence-electron chi connectivity index (χ2n) is 3.82. The van der Waals surface area contributed by atoms with E-state index in [1.54, 1.807) is 0 Å². The molecule has 1 saturated heterocycles. The Kier molecular flexibility index (Phi) is 7.35. The maximum atomic E-state index is 3.06. The quantitative estimate of drug-likeness (QED) is 0.583. The molecule has 1 atom stereocenters. The zero-order valence-corrected chi connectivity index (χ0v) is 14.3. The van der Waals surface area contributed by atoms with Crippen LogP contribution in [0.4, 0.5) is 0 Å². The van der Waals surface area contributed by atoms with Crippen molar-refractivity contribution in [3.8, 4) is 0 Å². The standard InChI is InChI=1S/C13H17N.BrH.Zn/c1-12(13-8-4-2-5-9-13)14-10-6-3-7-11-14;;/h2-5,8-10,12H,6-7,11H2,1H3;1H;/q;;+2/p-1/t12-;;/m1../s1. The zero-order chi connectivity index (χ0) is 11.8. The number of likely N-dealkylation sites (tertiary alicyclic amines) is 1. The summed E-state index contributed by atoms with van der Waals surface area (Å²) >= 11 is 4.25. The van der Waals surface area contributed by atoms with Crippen molar-refractivity contribution >= 4 is 13.6 Å². The van der Waals surface area contributed by atoms with Crippen LogP contribution in [0.2, 0.25) is 0 Å². The van der Waals surface area contributed by atoms with Gasteiger partial charge in [0.15, 0.2) is 0 Å². The van der Waals surface area contributed by atoms with Crippen LogP contribution in [0.1, 0.15) is 31.4 Å². The van der Waals surface area contributed by atoms with Gasteiger partial charge in [0.25, 0.3) is 0 Å².